The standard InChI is InChI=1S/C14H6Cl3N3S/c15-9-1-2-11(10(16)5-9)20-14(8(6-18)7-19-20)12-3-4-13(17)21-12/h1-5,7H. The number of nitrogens with zero attached hydrogens (tertiary/aromatic N) is 3. The van der Waals surface area contributed by atoms with Crippen LogP contribution < -0.4 is 0 Å². The lowest BCUT2D eigenvalue weighted by molar-refractivity contribution is 0.890. The molecule has 0 N–H and O–H groups in total. The molecule has 3 aromatic rings. The van der Waals surface area contributed by atoms with Crippen LogP contribution in [0.1, 0.15) is 5.56 Å². The van der Waals surface area contributed by atoms with Gasteiger partial charge in [0.15, 0.2) is 0 Å². The fourth-order valence-electron chi connectivity index (χ4n) is 1.94. The van der Waals surface area contributed by atoms with Gasteiger partial charge >= 0.3 is 0 Å². The van der Waals surface area contributed by atoms with Gasteiger partial charge in [-0.3, -0.25) is 0 Å². The van der Waals surface area contributed by atoms with Crippen molar-refractivity contribution in [2.24, 2.45) is 0 Å². The lowest BCUT2D eigenvalue weighted by Crippen LogP contribution is -1.99. The average Bonchev–Trinajstić information content (AvgIpc) is 3.04. The molecule has 0 fully saturated rings. The van der Waals surface area contributed by atoms with Gasteiger partial charge in [0.1, 0.15) is 11.8 Å². The quantitative estimate of drug-likeness (QED) is 0.615. The number of halogens is 3. The largest absolute Gasteiger partial charge is 0.229 e. The zero-order valence-corrected chi connectivity index (χ0v) is 13.4. The highest BCUT2D eigenvalue weighted by Crippen LogP contribution is 2.36. The number of rotatable bonds is 2. The summed E-state index contributed by atoms with van der Waals surface area (Å²) in [5.41, 5.74) is 1.78. The summed E-state index contributed by atoms with van der Waals surface area (Å²) in [7, 11) is 0. The minimum absolute atomic E-state index is 0.457. The van der Waals surface area contributed by atoms with E-state index in [1.165, 1.54) is 17.5 Å². The summed E-state index contributed by atoms with van der Waals surface area (Å²) < 4.78 is 2.27. The van der Waals surface area contributed by atoms with Gasteiger partial charge in [0.2, 0.25) is 0 Å². The molecule has 104 valence electrons. The predicted octanol–water partition coefficient (Wildman–Crippen LogP) is 5.43. The molecular weight excluding hydrogens is 349 g/mol. The Kier molecular flexibility index (Phi) is 3.92. The minimum atomic E-state index is 0.457. The van der Waals surface area contributed by atoms with Gasteiger partial charge in [-0.05, 0) is 30.3 Å². The number of benzene rings is 1. The van der Waals surface area contributed by atoms with Gasteiger partial charge in [0, 0.05) is 5.02 Å². The first-order valence-corrected chi connectivity index (χ1v) is 7.74. The molecule has 0 aliphatic heterocycles. The topological polar surface area (TPSA) is 41.6 Å². The van der Waals surface area contributed by atoms with E-state index in [2.05, 4.69) is 11.2 Å². The molecule has 2 aromatic heterocycles. The van der Waals surface area contributed by atoms with E-state index in [-0.39, 0.29) is 0 Å². The molecule has 0 bridgehead atoms. The third-order valence-corrected chi connectivity index (χ3v) is 4.61. The minimum Gasteiger partial charge on any atom is -0.229 e. The van der Waals surface area contributed by atoms with Crippen LogP contribution in [-0.4, -0.2) is 9.78 Å². The van der Waals surface area contributed by atoms with E-state index in [9.17, 15) is 5.26 Å². The molecule has 0 saturated heterocycles. The van der Waals surface area contributed by atoms with E-state index in [1.54, 1.807) is 28.9 Å². The molecule has 0 saturated carbocycles. The molecule has 0 radical (unpaired) electrons. The van der Waals surface area contributed by atoms with E-state index in [0.29, 0.717) is 31.3 Å². The number of aromatic nitrogens is 2. The molecule has 7 heteroatoms. The normalized spacial score (nSPS) is 10.6. The van der Waals surface area contributed by atoms with Crippen molar-refractivity contribution < 1.29 is 0 Å². The fraction of sp³-hybridized carbons (Fsp3) is 0. The lowest BCUT2D eigenvalue weighted by atomic mass is 10.2. The molecule has 1 aromatic carbocycles. The molecule has 0 unspecified atom stereocenters. The summed E-state index contributed by atoms with van der Waals surface area (Å²) in [5.74, 6) is 0. The monoisotopic (exact) mass is 353 g/mol. The Morgan fingerprint density at radius 2 is 1.95 bits per heavy atom. The molecule has 0 atom stereocenters. The summed E-state index contributed by atoms with van der Waals surface area (Å²) >= 11 is 19.5. The van der Waals surface area contributed by atoms with Crippen molar-refractivity contribution >= 4 is 46.1 Å². The fourth-order valence-corrected chi connectivity index (χ4v) is 3.52. The van der Waals surface area contributed by atoms with Gasteiger partial charge < -0.3 is 0 Å². The summed E-state index contributed by atoms with van der Waals surface area (Å²) in [5, 5.41) is 14.5. The van der Waals surface area contributed by atoms with Crippen LogP contribution in [0.15, 0.2) is 36.5 Å². The summed E-state index contributed by atoms with van der Waals surface area (Å²) in [6.07, 6.45) is 1.51. The number of hydrogen-bond donors (Lipinski definition) is 0. The highest BCUT2D eigenvalue weighted by Gasteiger charge is 2.17. The van der Waals surface area contributed by atoms with Crippen molar-refractivity contribution in [1.29, 1.82) is 5.26 Å². The Morgan fingerprint density at radius 1 is 1.14 bits per heavy atom. The van der Waals surface area contributed by atoms with Gasteiger partial charge in [0.25, 0.3) is 0 Å². The van der Waals surface area contributed by atoms with Crippen molar-refractivity contribution in [1.82, 2.24) is 9.78 Å². The Balaban J connectivity index is 2.25. The van der Waals surface area contributed by atoms with Gasteiger partial charge in [-0.15, -0.1) is 11.3 Å². The van der Waals surface area contributed by atoms with E-state index in [4.69, 9.17) is 34.8 Å². The second-order valence-corrected chi connectivity index (χ2v) is 6.69. The van der Waals surface area contributed by atoms with E-state index in [0.717, 1.165) is 4.88 Å². The van der Waals surface area contributed by atoms with Crippen molar-refractivity contribution in [2.75, 3.05) is 0 Å². The van der Waals surface area contributed by atoms with Crippen LogP contribution in [0, 0.1) is 11.3 Å². The summed E-state index contributed by atoms with van der Waals surface area (Å²) in [4.78, 5) is 0.847. The highest BCUT2D eigenvalue weighted by atomic mass is 35.5. The van der Waals surface area contributed by atoms with Crippen molar-refractivity contribution in [2.45, 2.75) is 0 Å². The molecule has 2 heterocycles. The Labute approximate surface area is 139 Å². The average molecular weight is 355 g/mol. The van der Waals surface area contributed by atoms with Crippen LogP contribution in [0.5, 0.6) is 0 Å². The molecule has 0 spiro atoms. The van der Waals surface area contributed by atoms with Crippen LogP contribution in [-0.2, 0) is 0 Å². The molecule has 0 amide bonds. The molecule has 3 rings (SSSR count). The van der Waals surface area contributed by atoms with Gasteiger partial charge in [-0.1, -0.05) is 34.8 Å². The van der Waals surface area contributed by atoms with Crippen LogP contribution in [0.3, 0.4) is 0 Å². The molecular formula is C14H6Cl3N3S. The zero-order chi connectivity index (χ0) is 15.0. The van der Waals surface area contributed by atoms with Crippen LogP contribution in [0.25, 0.3) is 16.3 Å². The van der Waals surface area contributed by atoms with Gasteiger partial charge in [-0.25, -0.2) is 4.68 Å². The molecule has 0 aliphatic carbocycles. The third kappa shape index (κ3) is 2.66. The maximum atomic E-state index is 9.27. The van der Waals surface area contributed by atoms with E-state index in [1.807, 2.05) is 6.07 Å². The predicted molar refractivity (Wildman–Crippen MR) is 86.6 cm³/mol. The number of hydrogen-bond acceptors (Lipinski definition) is 3. The Hall–Kier alpha value is -1.51. The summed E-state index contributed by atoms with van der Waals surface area (Å²) in [6, 6.07) is 10.9. The third-order valence-electron chi connectivity index (χ3n) is 2.83. The van der Waals surface area contributed by atoms with Crippen LogP contribution in [0.4, 0.5) is 0 Å². The van der Waals surface area contributed by atoms with Crippen LogP contribution in [0.2, 0.25) is 14.4 Å². The van der Waals surface area contributed by atoms with Gasteiger partial charge in [0.05, 0.1) is 31.7 Å². The number of thiophene rings is 1. The summed E-state index contributed by atoms with van der Waals surface area (Å²) in [6.45, 7) is 0. The lowest BCUT2D eigenvalue weighted by Gasteiger charge is -2.08. The molecule has 3 nitrogen and oxygen atoms in total. The van der Waals surface area contributed by atoms with E-state index < -0.39 is 0 Å². The second kappa shape index (κ2) is 5.70. The Morgan fingerprint density at radius 3 is 2.57 bits per heavy atom. The first-order chi connectivity index (χ1) is 10.1. The molecule has 21 heavy (non-hydrogen) atoms. The van der Waals surface area contributed by atoms with Crippen molar-refractivity contribution in [3.63, 3.8) is 0 Å². The van der Waals surface area contributed by atoms with E-state index >= 15 is 0 Å². The van der Waals surface area contributed by atoms with Crippen molar-refractivity contribution in [3.05, 3.63) is 56.5 Å². The Bertz CT molecular complexity index is 861. The smallest absolute Gasteiger partial charge is 0.103 e. The van der Waals surface area contributed by atoms with Crippen molar-refractivity contribution in [3.8, 4) is 22.3 Å². The maximum Gasteiger partial charge on any atom is 0.103 e. The van der Waals surface area contributed by atoms with Crippen LogP contribution >= 0.6 is 46.1 Å². The highest BCUT2D eigenvalue weighted by molar-refractivity contribution is 7.19. The number of nitriles is 1. The zero-order valence-electron chi connectivity index (χ0n) is 10.3. The second-order valence-electron chi connectivity index (χ2n) is 4.13. The first-order valence-electron chi connectivity index (χ1n) is 5.79. The maximum absolute atomic E-state index is 9.27. The SMILES string of the molecule is N#Cc1cnn(-c2ccc(Cl)cc2Cl)c1-c1ccc(Cl)s1. The first kappa shape index (κ1) is 14.4. The molecule has 0 aliphatic rings. The van der Waals surface area contributed by atoms with Gasteiger partial charge in [-0.2, -0.15) is 10.4 Å².